The van der Waals surface area contributed by atoms with Gasteiger partial charge < -0.3 is 10.1 Å². The van der Waals surface area contributed by atoms with E-state index < -0.39 is 11.6 Å². The van der Waals surface area contributed by atoms with Gasteiger partial charge in [-0.25, -0.2) is 4.39 Å². The van der Waals surface area contributed by atoms with Gasteiger partial charge in [-0.05, 0) is 25.1 Å². The van der Waals surface area contributed by atoms with Crippen molar-refractivity contribution < 1.29 is 13.5 Å². The average molecular weight is 278 g/mol. The first-order chi connectivity index (χ1) is 7.16. The molecule has 0 amide bonds. The van der Waals surface area contributed by atoms with Crippen LogP contribution < -0.4 is 10.1 Å². The highest BCUT2D eigenvalue weighted by molar-refractivity contribution is 9.10. The maximum absolute atomic E-state index is 13.3. The molecule has 0 aliphatic carbocycles. The van der Waals surface area contributed by atoms with Crippen LogP contribution in [0.15, 0.2) is 16.6 Å². The van der Waals surface area contributed by atoms with Crippen molar-refractivity contribution >= 4 is 15.9 Å². The number of benzene rings is 1. The molecular formula is C10H10BrF2NO. The molecule has 0 aromatic heterocycles. The molecule has 0 saturated carbocycles. The summed E-state index contributed by atoms with van der Waals surface area (Å²) in [6.07, 6.45) is 0.737. The van der Waals surface area contributed by atoms with E-state index in [2.05, 4.69) is 21.2 Å². The molecule has 0 radical (unpaired) electrons. The first-order valence-electron chi connectivity index (χ1n) is 4.69. The van der Waals surface area contributed by atoms with E-state index in [1.807, 2.05) is 0 Å². The molecule has 0 unspecified atom stereocenters. The Morgan fingerprint density at radius 2 is 2.20 bits per heavy atom. The van der Waals surface area contributed by atoms with E-state index in [0.29, 0.717) is 11.0 Å². The van der Waals surface area contributed by atoms with Crippen LogP contribution in [0.2, 0.25) is 0 Å². The maximum atomic E-state index is 13.3. The minimum atomic E-state index is -0.926. The van der Waals surface area contributed by atoms with Crippen LogP contribution in [0.5, 0.6) is 5.75 Å². The highest BCUT2D eigenvalue weighted by Gasteiger charge is 2.19. The quantitative estimate of drug-likeness (QED) is 0.839. The van der Waals surface area contributed by atoms with Gasteiger partial charge in [-0.3, -0.25) is 0 Å². The first kappa shape index (κ1) is 10.8. The summed E-state index contributed by atoms with van der Waals surface area (Å²) in [5.74, 6) is -1.86. The van der Waals surface area contributed by atoms with Gasteiger partial charge >= 0.3 is 0 Å². The minimum absolute atomic E-state index is 0.0319. The van der Waals surface area contributed by atoms with Crippen LogP contribution in [0.4, 0.5) is 8.78 Å². The lowest BCUT2D eigenvalue weighted by atomic mass is 10.3. The predicted octanol–water partition coefficient (Wildman–Crippen LogP) is 2.47. The van der Waals surface area contributed by atoms with Gasteiger partial charge in [-0.15, -0.1) is 0 Å². The van der Waals surface area contributed by atoms with Gasteiger partial charge in [0.25, 0.3) is 0 Å². The lowest BCUT2D eigenvalue weighted by Gasteiger charge is -2.13. The van der Waals surface area contributed by atoms with Crippen molar-refractivity contribution in [3.8, 4) is 5.75 Å². The lowest BCUT2D eigenvalue weighted by Crippen LogP contribution is -2.20. The summed E-state index contributed by atoms with van der Waals surface area (Å²) in [6.45, 7) is 1.52. The van der Waals surface area contributed by atoms with Gasteiger partial charge in [0.1, 0.15) is 6.10 Å². The van der Waals surface area contributed by atoms with Crippen molar-refractivity contribution in [2.24, 2.45) is 0 Å². The fourth-order valence-corrected chi connectivity index (χ4v) is 1.94. The molecule has 1 aromatic carbocycles. The van der Waals surface area contributed by atoms with E-state index in [0.717, 1.165) is 19.0 Å². The highest BCUT2D eigenvalue weighted by Crippen LogP contribution is 2.26. The smallest absolute Gasteiger partial charge is 0.200 e. The van der Waals surface area contributed by atoms with Crippen molar-refractivity contribution in [1.29, 1.82) is 0 Å². The third-order valence-electron chi connectivity index (χ3n) is 2.27. The molecule has 82 valence electrons. The Morgan fingerprint density at radius 3 is 2.87 bits per heavy atom. The standard InChI is InChI=1S/C10H10BrF2NO/c11-6-3-8(12)10(13)9(4-6)15-7-1-2-14-5-7/h3-4,7,14H,1-2,5H2/t7-/m1/s1. The van der Waals surface area contributed by atoms with Gasteiger partial charge in [0.05, 0.1) is 0 Å². The summed E-state index contributed by atoms with van der Waals surface area (Å²) in [6, 6.07) is 2.52. The monoisotopic (exact) mass is 277 g/mol. The first-order valence-corrected chi connectivity index (χ1v) is 5.48. The summed E-state index contributed by atoms with van der Waals surface area (Å²) in [7, 11) is 0. The molecule has 1 heterocycles. The summed E-state index contributed by atoms with van der Waals surface area (Å²) in [5, 5.41) is 3.09. The fourth-order valence-electron chi connectivity index (χ4n) is 1.53. The Morgan fingerprint density at radius 1 is 1.40 bits per heavy atom. The van der Waals surface area contributed by atoms with Gasteiger partial charge in [-0.1, -0.05) is 15.9 Å². The van der Waals surface area contributed by atoms with E-state index in [9.17, 15) is 8.78 Å². The second kappa shape index (κ2) is 4.45. The summed E-state index contributed by atoms with van der Waals surface area (Å²) >= 11 is 3.09. The second-order valence-electron chi connectivity index (χ2n) is 3.43. The van der Waals surface area contributed by atoms with Gasteiger partial charge in [0.15, 0.2) is 11.6 Å². The average Bonchev–Trinajstić information content (AvgIpc) is 2.66. The Labute approximate surface area is 94.7 Å². The molecule has 0 spiro atoms. The number of halogens is 3. The molecule has 1 N–H and O–H groups in total. The zero-order valence-corrected chi connectivity index (χ0v) is 9.48. The van der Waals surface area contributed by atoms with E-state index in [4.69, 9.17) is 4.74 Å². The van der Waals surface area contributed by atoms with E-state index >= 15 is 0 Å². The molecule has 1 aliphatic heterocycles. The number of rotatable bonds is 2. The molecule has 1 atom stereocenters. The fraction of sp³-hybridized carbons (Fsp3) is 0.400. The molecule has 5 heteroatoms. The van der Waals surface area contributed by atoms with Crippen LogP contribution in [0, 0.1) is 11.6 Å². The Bertz CT molecular complexity index is 367. The third kappa shape index (κ3) is 2.46. The number of hydrogen-bond acceptors (Lipinski definition) is 2. The summed E-state index contributed by atoms with van der Waals surface area (Å²) in [5.41, 5.74) is 0. The van der Waals surface area contributed by atoms with E-state index in [1.165, 1.54) is 6.07 Å². The topological polar surface area (TPSA) is 21.3 Å². The normalized spacial score (nSPS) is 20.6. The van der Waals surface area contributed by atoms with Crippen molar-refractivity contribution in [1.82, 2.24) is 5.32 Å². The zero-order valence-electron chi connectivity index (χ0n) is 7.90. The number of nitrogens with one attached hydrogen (secondary N) is 1. The SMILES string of the molecule is Fc1cc(Br)cc(O[C@@H]2CCNC2)c1F. The van der Waals surface area contributed by atoms with Crippen molar-refractivity contribution in [2.45, 2.75) is 12.5 Å². The van der Waals surface area contributed by atoms with E-state index in [-0.39, 0.29) is 11.9 Å². The molecule has 0 bridgehead atoms. The summed E-state index contributed by atoms with van der Waals surface area (Å²) in [4.78, 5) is 0. The van der Waals surface area contributed by atoms with Crippen LogP contribution in [-0.2, 0) is 0 Å². The molecule has 1 fully saturated rings. The largest absolute Gasteiger partial charge is 0.486 e. The van der Waals surface area contributed by atoms with Gasteiger partial charge in [0.2, 0.25) is 5.82 Å². The lowest BCUT2D eigenvalue weighted by molar-refractivity contribution is 0.210. The van der Waals surface area contributed by atoms with Crippen LogP contribution in [0.3, 0.4) is 0 Å². The molecular weight excluding hydrogens is 268 g/mol. The summed E-state index contributed by atoms with van der Waals surface area (Å²) < 4.78 is 32.1. The zero-order chi connectivity index (χ0) is 10.8. The predicted molar refractivity (Wildman–Crippen MR) is 56.0 cm³/mol. The molecule has 1 aromatic rings. The molecule has 2 nitrogen and oxygen atoms in total. The Hall–Kier alpha value is -0.680. The number of hydrogen-bond donors (Lipinski definition) is 1. The minimum Gasteiger partial charge on any atom is -0.486 e. The van der Waals surface area contributed by atoms with Crippen molar-refractivity contribution in [2.75, 3.05) is 13.1 Å². The Kier molecular flexibility index (Phi) is 3.21. The molecule has 2 rings (SSSR count). The highest BCUT2D eigenvalue weighted by atomic mass is 79.9. The van der Waals surface area contributed by atoms with Crippen LogP contribution in [0.1, 0.15) is 6.42 Å². The molecule has 1 saturated heterocycles. The second-order valence-corrected chi connectivity index (χ2v) is 4.35. The van der Waals surface area contributed by atoms with Crippen LogP contribution >= 0.6 is 15.9 Å². The third-order valence-corrected chi connectivity index (χ3v) is 2.73. The molecule has 15 heavy (non-hydrogen) atoms. The van der Waals surface area contributed by atoms with Crippen molar-refractivity contribution in [3.05, 3.63) is 28.2 Å². The number of ether oxygens (including phenoxy) is 1. The van der Waals surface area contributed by atoms with E-state index in [1.54, 1.807) is 0 Å². The maximum Gasteiger partial charge on any atom is 0.200 e. The Balaban J connectivity index is 2.19. The van der Waals surface area contributed by atoms with Crippen molar-refractivity contribution in [3.63, 3.8) is 0 Å². The van der Waals surface area contributed by atoms with Gasteiger partial charge in [0, 0.05) is 11.0 Å². The van der Waals surface area contributed by atoms with Crippen LogP contribution in [0.25, 0.3) is 0 Å². The van der Waals surface area contributed by atoms with Gasteiger partial charge in [-0.2, -0.15) is 4.39 Å². The van der Waals surface area contributed by atoms with Crippen LogP contribution in [-0.4, -0.2) is 19.2 Å². The molecule has 1 aliphatic rings.